The summed E-state index contributed by atoms with van der Waals surface area (Å²) >= 11 is 0. The van der Waals surface area contributed by atoms with Gasteiger partial charge in [-0.15, -0.1) is 0 Å². The fourth-order valence-corrected chi connectivity index (χ4v) is 4.20. The molecule has 1 aliphatic heterocycles. The van der Waals surface area contributed by atoms with Crippen LogP contribution in [-0.2, 0) is 19.5 Å². The largest absolute Gasteiger partial charge is 0.478 e. The second-order valence-electron chi connectivity index (χ2n) is 5.33. The third-order valence-corrected chi connectivity index (χ3v) is 5.22. The van der Waals surface area contributed by atoms with Crippen molar-refractivity contribution in [1.82, 2.24) is 0 Å². The number of aromatic carboxylic acids is 1. The minimum Gasteiger partial charge on any atom is -0.478 e. The summed E-state index contributed by atoms with van der Waals surface area (Å²) in [7, 11) is -2.52. The Morgan fingerprint density at radius 2 is 2.09 bits per heavy atom. The van der Waals surface area contributed by atoms with Crippen LogP contribution in [0.1, 0.15) is 23.2 Å². The van der Waals surface area contributed by atoms with Crippen LogP contribution in [0, 0.1) is 5.82 Å². The molecule has 0 unspecified atom stereocenters. The minimum absolute atomic E-state index is 0.309. The summed E-state index contributed by atoms with van der Waals surface area (Å²) in [5.41, 5.74) is -1.92. The summed E-state index contributed by atoms with van der Waals surface area (Å²) in [5.74, 6) is -2.92. The lowest BCUT2D eigenvalue weighted by atomic mass is 9.97. The molecule has 23 heavy (non-hydrogen) atoms. The molecule has 1 aromatic carbocycles. The zero-order valence-corrected chi connectivity index (χ0v) is 13.4. The van der Waals surface area contributed by atoms with E-state index in [-0.39, 0.29) is 11.4 Å². The van der Waals surface area contributed by atoms with Crippen LogP contribution in [-0.4, -0.2) is 51.2 Å². The lowest BCUT2D eigenvalue weighted by molar-refractivity contribution is -0.0749. The number of halogens is 1. The van der Waals surface area contributed by atoms with Gasteiger partial charge < -0.3 is 14.6 Å². The molecule has 1 fully saturated rings. The normalized spacial score (nSPS) is 17.7. The summed E-state index contributed by atoms with van der Waals surface area (Å²) in [5, 5.41) is 9.05. The second kappa shape index (κ2) is 6.81. The SMILES string of the molecule is COC1(CS(=O)(=O)Nc2cccc(F)c2C(=O)O)CCOCC1. The first-order chi connectivity index (χ1) is 10.8. The molecule has 128 valence electrons. The van der Waals surface area contributed by atoms with Crippen LogP contribution in [0.5, 0.6) is 0 Å². The molecule has 2 rings (SSSR count). The Morgan fingerprint density at radius 3 is 2.65 bits per heavy atom. The summed E-state index contributed by atoms with van der Waals surface area (Å²) in [6.45, 7) is 0.757. The van der Waals surface area contributed by atoms with Crippen molar-refractivity contribution < 1.29 is 32.2 Å². The third kappa shape index (κ3) is 4.18. The molecule has 2 N–H and O–H groups in total. The quantitative estimate of drug-likeness (QED) is 0.808. The van der Waals surface area contributed by atoms with Gasteiger partial charge in [0.25, 0.3) is 0 Å². The predicted molar refractivity (Wildman–Crippen MR) is 80.6 cm³/mol. The fraction of sp³-hybridized carbons (Fsp3) is 0.500. The molecule has 0 aliphatic carbocycles. The van der Waals surface area contributed by atoms with Crippen LogP contribution < -0.4 is 4.72 Å². The number of benzene rings is 1. The molecule has 0 saturated carbocycles. The summed E-state index contributed by atoms with van der Waals surface area (Å²) in [4.78, 5) is 11.1. The van der Waals surface area contributed by atoms with Crippen molar-refractivity contribution in [1.29, 1.82) is 0 Å². The summed E-state index contributed by atoms with van der Waals surface area (Å²) in [6.07, 6.45) is 0.804. The Labute approximate surface area is 133 Å². The highest BCUT2D eigenvalue weighted by molar-refractivity contribution is 7.92. The average molecular weight is 347 g/mol. The first-order valence-electron chi connectivity index (χ1n) is 6.94. The van der Waals surface area contributed by atoms with Gasteiger partial charge in [0.15, 0.2) is 0 Å². The number of carboxylic acids is 1. The van der Waals surface area contributed by atoms with Crippen molar-refractivity contribution in [3.8, 4) is 0 Å². The monoisotopic (exact) mass is 347 g/mol. The number of carboxylic acid groups (broad SMARTS) is 1. The van der Waals surface area contributed by atoms with Gasteiger partial charge in [0.1, 0.15) is 11.4 Å². The lowest BCUT2D eigenvalue weighted by Crippen LogP contribution is -2.45. The number of rotatable bonds is 6. The molecule has 0 spiro atoms. The van der Waals surface area contributed by atoms with Crippen molar-refractivity contribution in [2.24, 2.45) is 0 Å². The molecule has 1 heterocycles. The zero-order valence-electron chi connectivity index (χ0n) is 12.5. The van der Waals surface area contributed by atoms with Crippen LogP contribution in [0.3, 0.4) is 0 Å². The Bertz CT molecular complexity index is 685. The number of sulfonamides is 1. The molecule has 1 saturated heterocycles. The molecule has 0 atom stereocenters. The van der Waals surface area contributed by atoms with E-state index in [0.717, 1.165) is 6.07 Å². The van der Waals surface area contributed by atoms with Gasteiger partial charge in [-0.25, -0.2) is 17.6 Å². The highest BCUT2D eigenvalue weighted by Crippen LogP contribution is 2.28. The maximum Gasteiger partial charge on any atom is 0.340 e. The molecule has 1 aromatic rings. The Balaban J connectivity index is 2.25. The molecule has 1 aliphatic rings. The van der Waals surface area contributed by atoms with Crippen molar-refractivity contribution in [3.05, 3.63) is 29.6 Å². The van der Waals surface area contributed by atoms with Gasteiger partial charge in [-0.1, -0.05) is 6.07 Å². The third-order valence-electron chi connectivity index (χ3n) is 3.78. The van der Waals surface area contributed by atoms with Crippen LogP contribution in [0.2, 0.25) is 0 Å². The van der Waals surface area contributed by atoms with E-state index >= 15 is 0 Å². The van der Waals surface area contributed by atoms with Crippen molar-refractivity contribution in [3.63, 3.8) is 0 Å². The number of anilines is 1. The van der Waals surface area contributed by atoms with Crippen molar-refractivity contribution in [2.45, 2.75) is 18.4 Å². The minimum atomic E-state index is -3.94. The number of nitrogens with one attached hydrogen (secondary N) is 1. The van der Waals surface area contributed by atoms with Crippen LogP contribution in [0.15, 0.2) is 18.2 Å². The van der Waals surface area contributed by atoms with Crippen LogP contribution in [0.4, 0.5) is 10.1 Å². The highest BCUT2D eigenvalue weighted by Gasteiger charge is 2.38. The van der Waals surface area contributed by atoms with E-state index in [4.69, 9.17) is 14.6 Å². The Kier molecular flexibility index (Phi) is 5.23. The van der Waals surface area contributed by atoms with Gasteiger partial charge in [0, 0.05) is 33.2 Å². The average Bonchev–Trinajstić information content (AvgIpc) is 2.46. The van der Waals surface area contributed by atoms with Gasteiger partial charge in [-0.3, -0.25) is 4.72 Å². The number of ether oxygens (including phenoxy) is 2. The van der Waals surface area contributed by atoms with E-state index in [1.807, 2.05) is 0 Å². The van der Waals surface area contributed by atoms with E-state index in [0.29, 0.717) is 26.1 Å². The molecular formula is C14H18FNO6S. The van der Waals surface area contributed by atoms with E-state index in [2.05, 4.69) is 4.72 Å². The van der Waals surface area contributed by atoms with E-state index in [1.165, 1.54) is 19.2 Å². The van der Waals surface area contributed by atoms with Crippen molar-refractivity contribution in [2.75, 3.05) is 30.8 Å². The first kappa shape index (κ1) is 17.6. The van der Waals surface area contributed by atoms with Gasteiger partial charge in [0.05, 0.1) is 17.0 Å². The highest BCUT2D eigenvalue weighted by atomic mass is 32.2. The molecule has 0 amide bonds. The maximum absolute atomic E-state index is 13.6. The molecule has 9 heteroatoms. The number of hydrogen-bond donors (Lipinski definition) is 2. The molecular weight excluding hydrogens is 329 g/mol. The van der Waals surface area contributed by atoms with Crippen molar-refractivity contribution >= 4 is 21.7 Å². The van der Waals surface area contributed by atoms with Crippen LogP contribution in [0.25, 0.3) is 0 Å². The number of methoxy groups -OCH3 is 1. The molecule has 7 nitrogen and oxygen atoms in total. The topological polar surface area (TPSA) is 102 Å². The zero-order chi connectivity index (χ0) is 17.1. The van der Waals surface area contributed by atoms with E-state index < -0.39 is 33.0 Å². The first-order valence-corrected chi connectivity index (χ1v) is 8.59. The van der Waals surface area contributed by atoms with Gasteiger partial charge in [-0.2, -0.15) is 0 Å². The predicted octanol–water partition coefficient (Wildman–Crippen LogP) is 1.46. The summed E-state index contributed by atoms with van der Waals surface area (Å²) in [6, 6.07) is 3.39. The van der Waals surface area contributed by atoms with E-state index in [9.17, 15) is 17.6 Å². The number of hydrogen-bond acceptors (Lipinski definition) is 5. The fourth-order valence-electron chi connectivity index (χ4n) is 2.53. The molecule has 0 radical (unpaired) electrons. The molecule has 0 aromatic heterocycles. The maximum atomic E-state index is 13.6. The molecule has 0 bridgehead atoms. The summed E-state index contributed by atoms with van der Waals surface area (Å²) < 4.78 is 51.1. The van der Waals surface area contributed by atoms with E-state index in [1.54, 1.807) is 0 Å². The standard InChI is InChI=1S/C14H18FNO6S/c1-21-14(5-7-22-8-6-14)9-23(19,20)16-11-4-2-3-10(15)12(11)13(17)18/h2-4,16H,5-9H2,1H3,(H,17,18). The Hall–Kier alpha value is -1.71. The van der Waals surface area contributed by atoms with Gasteiger partial charge in [-0.05, 0) is 12.1 Å². The smallest absolute Gasteiger partial charge is 0.340 e. The Morgan fingerprint density at radius 1 is 1.43 bits per heavy atom. The second-order valence-corrected chi connectivity index (χ2v) is 7.05. The lowest BCUT2D eigenvalue weighted by Gasteiger charge is -2.35. The van der Waals surface area contributed by atoms with Gasteiger partial charge >= 0.3 is 5.97 Å². The van der Waals surface area contributed by atoms with Crippen LogP contribution >= 0.6 is 0 Å². The number of carbonyl (C=O) groups is 1. The van der Waals surface area contributed by atoms with Gasteiger partial charge in [0.2, 0.25) is 10.0 Å².